The monoisotopic (exact) mass is 630 g/mol. The molecule has 0 bridgehead atoms. The predicted octanol–water partition coefficient (Wildman–Crippen LogP) is 5.92. The van der Waals surface area contributed by atoms with Crippen molar-refractivity contribution in [2.45, 2.75) is 0 Å². The number of amides is 1. The molecule has 2 aromatic carbocycles. The first kappa shape index (κ1) is 29.5. The maximum atomic E-state index is 13.3. The number of carbonyl (C=O) groups is 1. The highest BCUT2D eigenvalue weighted by Gasteiger charge is 2.19. The highest BCUT2D eigenvalue weighted by Crippen LogP contribution is 2.41. The lowest BCUT2D eigenvalue weighted by Crippen LogP contribution is -2.46. The van der Waals surface area contributed by atoms with Gasteiger partial charge in [-0.3, -0.25) is 14.7 Å². The van der Waals surface area contributed by atoms with Crippen LogP contribution in [0.3, 0.4) is 0 Å². The van der Waals surface area contributed by atoms with E-state index in [0.717, 1.165) is 76.2 Å². The van der Waals surface area contributed by atoms with Gasteiger partial charge in [-0.25, -0.2) is 9.97 Å². The Kier molecular flexibility index (Phi) is 8.08. The Morgan fingerprint density at radius 1 is 1.07 bits per heavy atom. The first-order chi connectivity index (χ1) is 22.5. The van der Waals surface area contributed by atoms with Crippen molar-refractivity contribution < 1.29 is 9.53 Å². The highest BCUT2D eigenvalue weighted by molar-refractivity contribution is 7.18. The zero-order chi connectivity index (χ0) is 31.6. The summed E-state index contributed by atoms with van der Waals surface area (Å²) in [6.07, 6.45) is 11.4. The number of benzene rings is 2. The van der Waals surface area contributed by atoms with E-state index in [-0.39, 0.29) is 5.91 Å². The quantitative estimate of drug-likeness (QED) is 0.213. The molecule has 1 aliphatic heterocycles. The summed E-state index contributed by atoms with van der Waals surface area (Å²) < 4.78 is 8.71. The Bertz CT molecular complexity index is 2060. The van der Waals surface area contributed by atoms with Gasteiger partial charge < -0.3 is 25.3 Å². The van der Waals surface area contributed by atoms with E-state index in [2.05, 4.69) is 47.6 Å². The maximum absolute atomic E-state index is 13.3. The van der Waals surface area contributed by atoms with Crippen molar-refractivity contribution >= 4 is 61.6 Å². The van der Waals surface area contributed by atoms with Gasteiger partial charge in [0.1, 0.15) is 23.1 Å². The molecule has 1 fully saturated rings. The van der Waals surface area contributed by atoms with Crippen LogP contribution < -0.4 is 20.7 Å². The number of para-hydroxylation sites is 1. The average Bonchev–Trinajstić information content (AvgIpc) is 3.69. The summed E-state index contributed by atoms with van der Waals surface area (Å²) in [5.74, 6) is 1.77. The van der Waals surface area contributed by atoms with E-state index in [1.165, 1.54) is 0 Å². The van der Waals surface area contributed by atoms with Crippen molar-refractivity contribution in [3.8, 4) is 16.9 Å². The minimum Gasteiger partial charge on any atom is -0.495 e. The average molecular weight is 631 g/mol. The molecule has 0 spiro atoms. The van der Waals surface area contributed by atoms with E-state index in [4.69, 9.17) is 10.5 Å². The summed E-state index contributed by atoms with van der Waals surface area (Å²) in [7, 11) is 3.50. The van der Waals surface area contributed by atoms with Crippen molar-refractivity contribution in [3.63, 3.8) is 0 Å². The summed E-state index contributed by atoms with van der Waals surface area (Å²) in [5.41, 5.74) is 11.5. The largest absolute Gasteiger partial charge is 0.495 e. The van der Waals surface area contributed by atoms with Crippen LogP contribution in [-0.2, 0) is 7.05 Å². The molecular weight excluding hydrogens is 597 g/mol. The van der Waals surface area contributed by atoms with Crippen molar-refractivity contribution in [2.75, 3.05) is 55.8 Å². The Morgan fingerprint density at radius 3 is 2.70 bits per heavy atom. The van der Waals surface area contributed by atoms with Crippen LogP contribution in [0.2, 0.25) is 0 Å². The summed E-state index contributed by atoms with van der Waals surface area (Å²) in [5, 5.41) is 7.06. The molecule has 232 valence electrons. The molecule has 1 amide bonds. The first-order valence-corrected chi connectivity index (χ1v) is 16.0. The highest BCUT2D eigenvalue weighted by atomic mass is 32.1. The lowest BCUT2D eigenvalue weighted by Gasteiger charge is -2.34. The topological polar surface area (TPSA) is 114 Å². The van der Waals surface area contributed by atoms with Crippen LogP contribution in [0.25, 0.3) is 38.2 Å². The summed E-state index contributed by atoms with van der Waals surface area (Å²) in [4.78, 5) is 31.1. The van der Waals surface area contributed by atoms with Gasteiger partial charge in [-0.15, -0.1) is 11.3 Å². The van der Waals surface area contributed by atoms with Gasteiger partial charge in [-0.2, -0.15) is 0 Å². The number of pyridine rings is 1. The molecule has 1 saturated heterocycles. The molecule has 0 radical (unpaired) electrons. The van der Waals surface area contributed by atoms with Crippen LogP contribution in [0.4, 0.5) is 17.3 Å². The summed E-state index contributed by atoms with van der Waals surface area (Å²) in [6.45, 7) is 4.61. The number of methoxy groups -OCH3 is 1. The molecule has 5 heterocycles. The van der Waals surface area contributed by atoms with Crippen LogP contribution in [0, 0.1) is 0 Å². The van der Waals surface area contributed by atoms with Gasteiger partial charge in [0.2, 0.25) is 0 Å². The number of carbonyl (C=O) groups excluding carboxylic acids is 1. The van der Waals surface area contributed by atoms with Crippen LogP contribution in [-0.4, -0.2) is 70.2 Å². The molecule has 3 N–H and O–H groups in total. The second kappa shape index (κ2) is 12.6. The number of piperazine rings is 1. The van der Waals surface area contributed by atoms with E-state index in [0.29, 0.717) is 22.9 Å². The number of thiophene rings is 1. The van der Waals surface area contributed by atoms with Crippen LogP contribution >= 0.6 is 11.3 Å². The molecule has 7 rings (SSSR count). The number of aromatic nitrogens is 4. The fourth-order valence-electron chi connectivity index (χ4n) is 6.02. The van der Waals surface area contributed by atoms with Crippen LogP contribution in [0.5, 0.6) is 5.75 Å². The van der Waals surface area contributed by atoms with E-state index in [9.17, 15) is 4.79 Å². The number of aryl methyl sites for hydroxylation is 1. The molecule has 4 aromatic heterocycles. The van der Waals surface area contributed by atoms with Gasteiger partial charge in [-0.1, -0.05) is 36.4 Å². The smallest absolute Gasteiger partial charge is 0.272 e. The maximum Gasteiger partial charge on any atom is 0.272 e. The lowest BCUT2D eigenvalue weighted by atomic mass is 10.0. The van der Waals surface area contributed by atoms with E-state index < -0.39 is 0 Å². The SMILES string of the molecule is COc1cc(-c2csc3c(/C=C/CN4CCN(c5cnccn5)CC4)cnc(N)c23)ccc1NC(=O)c1cc2ccccc2n1C. The minimum atomic E-state index is -0.206. The third-order valence-corrected chi connectivity index (χ3v) is 9.53. The van der Waals surface area contributed by atoms with E-state index in [1.54, 1.807) is 30.8 Å². The molecule has 0 unspecified atom stereocenters. The third kappa shape index (κ3) is 5.66. The summed E-state index contributed by atoms with van der Waals surface area (Å²) in [6, 6.07) is 15.6. The van der Waals surface area contributed by atoms with Crippen molar-refractivity contribution in [3.05, 3.63) is 96.0 Å². The summed E-state index contributed by atoms with van der Waals surface area (Å²) >= 11 is 1.64. The molecule has 10 nitrogen and oxygen atoms in total. The molecule has 1 aliphatic rings. The van der Waals surface area contributed by atoms with E-state index >= 15 is 0 Å². The number of hydrogen-bond acceptors (Lipinski definition) is 9. The van der Waals surface area contributed by atoms with E-state index in [1.807, 2.05) is 72.5 Å². The molecule has 46 heavy (non-hydrogen) atoms. The molecule has 0 saturated carbocycles. The number of anilines is 3. The molecule has 0 aliphatic carbocycles. The van der Waals surface area contributed by atoms with Gasteiger partial charge in [0.15, 0.2) is 0 Å². The number of nitrogens with zero attached hydrogens (tertiary/aromatic N) is 6. The Balaban J connectivity index is 1.07. The molecular formula is C35H34N8O2S. The standard InChI is InChI=1S/C35H34N8O2S/c1-41-28-8-4-3-6-24(28)18-29(41)35(44)40-27-10-9-23(19-30(27)45-2)26-22-46-33-25(20-39-34(36)32(26)33)7-5-13-42-14-16-43(17-15-42)31-21-37-11-12-38-31/h3-12,18-22H,13-17H2,1-2H3,(H2,36,39)(H,40,44)/b7-5+. The fraction of sp³-hybridized carbons (Fsp3) is 0.200. The van der Waals surface area contributed by atoms with Gasteiger partial charge in [0, 0.05) is 90.5 Å². The molecule has 0 atom stereocenters. The number of rotatable bonds is 8. The molecule has 11 heteroatoms. The van der Waals surface area contributed by atoms with Crippen molar-refractivity contribution in [1.82, 2.24) is 24.4 Å². The second-order valence-electron chi connectivity index (χ2n) is 11.2. The zero-order valence-electron chi connectivity index (χ0n) is 25.7. The number of nitrogen functional groups attached to an aromatic ring is 1. The van der Waals surface area contributed by atoms with Crippen molar-refractivity contribution in [2.24, 2.45) is 7.05 Å². The normalized spacial score (nSPS) is 14.0. The van der Waals surface area contributed by atoms with Gasteiger partial charge in [0.05, 0.1) is 19.0 Å². The van der Waals surface area contributed by atoms with Gasteiger partial charge >= 0.3 is 0 Å². The second-order valence-corrected chi connectivity index (χ2v) is 12.1. The number of ether oxygens (including phenoxy) is 1. The number of hydrogen-bond donors (Lipinski definition) is 2. The Hall–Kier alpha value is -5.26. The number of nitrogens with two attached hydrogens (primary N) is 1. The third-order valence-electron chi connectivity index (χ3n) is 8.50. The Labute approximate surface area is 270 Å². The van der Waals surface area contributed by atoms with Crippen molar-refractivity contribution in [1.29, 1.82) is 0 Å². The Morgan fingerprint density at radius 2 is 1.91 bits per heavy atom. The van der Waals surface area contributed by atoms with Crippen LogP contribution in [0.1, 0.15) is 16.1 Å². The zero-order valence-corrected chi connectivity index (χ0v) is 26.5. The predicted molar refractivity (Wildman–Crippen MR) is 187 cm³/mol. The van der Waals surface area contributed by atoms with Crippen LogP contribution in [0.15, 0.2) is 84.8 Å². The number of nitrogens with one attached hydrogen (secondary N) is 1. The molecule has 6 aromatic rings. The fourth-order valence-corrected chi connectivity index (χ4v) is 7.09. The first-order valence-electron chi connectivity index (χ1n) is 15.1. The van der Waals surface area contributed by atoms with Gasteiger partial charge in [-0.05, 0) is 35.2 Å². The number of fused-ring (bicyclic) bond motifs is 2. The van der Waals surface area contributed by atoms with Gasteiger partial charge in [0.25, 0.3) is 5.91 Å². The lowest BCUT2D eigenvalue weighted by molar-refractivity contribution is 0.101. The minimum absolute atomic E-state index is 0.206.